The van der Waals surface area contributed by atoms with Crippen LogP contribution in [0.2, 0.25) is 0 Å². The quantitative estimate of drug-likeness (QED) is 0.661. The van der Waals surface area contributed by atoms with Crippen LogP contribution in [0.1, 0.15) is 5.69 Å². The van der Waals surface area contributed by atoms with Crippen molar-refractivity contribution in [2.24, 2.45) is 18.5 Å². The fourth-order valence-corrected chi connectivity index (χ4v) is 1.76. The Hall–Kier alpha value is -1.01. The van der Waals surface area contributed by atoms with E-state index in [0.29, 0.717) is 6.42 Å². The number of primary amides is 1. The van der Waals surface area contributed by atoms with Crippen molar-refractivity contribution in [1.82, 2.24) is 9.55 Å². The van der Waals surface area contributed by atoms with E-state index in [9.17, 15) is 4.79 Å². The molecule has 5 nitrogen and oxygen atoms in total. The van der Waals surface area contributed by atoms with E-state index in [0.717, 1.165) is 10.7 Å². The molecular weight excluding hydrogens is 200 g/mol. The van der Waals surface area contributed by atoms with Gasteiger partial charge in [0.25, 0.3) is 0 Å². The fourth-order valence-electron chi connectivity index (χ4n) is 1.14. The Labute approximate surface area is 86.9 Å². The molecule has 1 rings (SSSR count). The molecule has 0 saturated carbocycles. The van der Waals surface area contributed by atoms with Crippen molar-refractivity contribution in [3.8, 4) is 0 Å². The van der Waals surface area contributed by atoms with Crippen molar-refractivity contribution >= 4 is 17.7 Å². The second kappa shape index (κ2) is 4.47. The second-order valence-corrected chi connectivity index (χ2v) is 3.82. The molecule has 0 saturated heterocycles. The van der Waals surface area contributed by atoms with Gasteiger partial charge in [-0.2, -0.15) is 0 Å². The Balaban J connectivity index is 2.84. The zero-order chi connectivity index (χ0) is 10.7. The molecule has 78 valence electrons. The molecule has 0 aromatic carbocycles. The highest BCUT2D eigenvalue weighted by atomic mass is 32.2. The van der Waals surface area contributed by atoms with E-state index < -0.39 is 11.9 Å². The predicted molar refractivity (Wildman–Crippen MR) is 55.9 cm³/mol. The van der Waals surface area contributed by atoms with Gasteiger partial charge in [-0.3, -0.25) is 4.79 Å². The number of rotatable bonds is 4. The molecule has 0 aliphatic carbocycles. The number of imidazole rings is 1. The first-order valence-corrected chi connectivity index (χ1v) is 5.37. The summed E-state index contributed by atoms with van der Waals surface area (Å²) in [4.78, 5) is 15.0. The van der Waals surface area contributed by atoms with E-state index in [1.807, 2.05) is 17.9 Å². The minimum atomic E-state index is -0.642. The van der Waals surface area contributed by atoms with Gasteiger partial charge in [-0.05, 0) is 6.26 Å². The Morgan fingerprint density at radius 2 is 2.43 bits per heavy atom. The molecule has 0 spiro atoms. The minimum Gasteiger partial charge on any atom is -0.368 e. The van der Waals surface area contributed by atoms with Crippen LogP contribution in [0, 0.1) is 0 Å². The largest absolute Gasteiger partial charge is 0.368 e. The molecule has 14 heavy (non-hydrogen) atoms. The molecule has 1 aromatic heterocycles. The first kappa shape index (κ1) is 11.1. The maximum absolute atomic E-state index is 10.8. The lowest BCUT2D eigenvalue weighted by atomic mass is 10.2. The molecule has 1 aromatic rings. The van der Waals surface area contributed by atoms with Crippen LogP contribution in [0.4, 0.5) is 0 Å². The maximum Gasteiger partial charge on any atom is 0.234 e. The summed E-state index contributed by atoms with van der Waals surface area (Å²) in [6.07, 6.45) is 4.07. The first-order valence-electron chi connectivity index (χ1n) is 4.15. The van der Waals surface area contributed by atoms with Gasteiger partial charge in [0.15, 0.2) is 0 Å². The smallest absolute Gasteiger partial charge is 0.234 e. The van der Waals surface area contributed by atoms with Crippen molar-refractivity contribution in [1.29, 1.82) is 0 Å². The van der Waals surface area contributed by atoms with Gasteiger partial charge in [-0.15, -0.1) is 11.8 Å². The number of hydrogen-bond acceptors (Lipinski definition) is 4. The van der Waals surface area contributed by atoms with Gasteiger partial charge in [0.1, 0.15) is 5.03 Å². The molecular formula is C8H14N4OS. The van der Waals surface area contributed by atoms with Crippen molar-refractivity contribution in [3.05, 3.63) is 12.0 Å². The fraction of sp³-hybridized carbons (Fsp3) is 0.500. The lowest BCUT2D eigenvalue weighted by molar-refractivity contribution is -0.119. The van der Waals surface area contributed by atoms with Crippen LogP contribution in [0.25, 0.3) is 0 Å². The number of amides is 1. The Kier molecular flexibility index (Phi) is 3.54. The Bertz CT molecular complexity index is 336. The summed E-state index contributed by atoms with van der Waals surface area (Å²) in [5, 5.41) is 0.893. The number of carbonyl (C=O) groups excluding carboxylic acids is 1. The van der Waals surface area contributed by atoms with E-state index in [4.69, 9.17) is 11.5 Å². The zero-order valence-corrected chi connectivity index (χ0v) is 9.04. The van der Waals surface area contributed by atoms with Gasteiger partial charge in [0.05, 0.1) is 18.1 Å². The van der Waals surface area contributed by atoms with Gasteiger partial charge in [-0.25, -0.2) is 4.98 Å². The standard InChI is InChI=1S/C8H14N4OS/c1-12-4-11-8(14-2)6(12)3-5(9)7(10)13/h4-5H,3,9H2,1-2H3,(H2,10,13). The number of nitrogens with zero attached hydrogens (tertiary/aromatic N) is 2. The van der Waals surface area contributed by atoms with Crippen LogP contribution >= 0.6 is 11.8 Å². The highest BCUT2D eigenvalue weighted by Gasteiger charge is 2.15. The molecule has 0 bridgehead atoms. The maximum atomic E-state index is 10.8. The van der Waals surface area contributed by atoms with Gasteiger partial charge in [0.2, 0.25) is 5.91 Å². The van der Waals surface area contributed by atoms with E-state index >= 15 is 0 Å². The summed E-state index contributed by atoms with van der Waals surface area (Å²) in [6.45, 7) is 0. The highest BCUT2D eigenvalue weighted by molar-refractivity contribution is 7.98. The lowest BCUT2D eigenvalue weighted by Crippen LogP contribution is -2.38. The monoisotopic (exact) mass is 214 g/mol. The molecule has 1 unspecified atom stereocenters. The molecule has 1 heterocycles. The van der Waals surface area contributed by atoms with Crippen LogP contribution < -0.4 is 11.5 Å². The van der Waals surface area contributed by atoms with Crippen LogP contribution in [-0.4, -0.2) is 27.8 Å². The average Bonchev–Trinajstić information content (AvgIpc) is 2.47. The number of carbonyl (C=O) groups is 1. The van der Waals surface area contributed by atoms with E-state index in [1.54, 1.807) is 6.33 Å². The Morgan fingerprint density at radius 3 is 2.93 bits per heavy atom. The van der Waals surface area contributed by atoms with Crippen LogP contribution in [0.5, 0.6) is 0 Å². The molecule has 0 radical (unpaired) electrons. The van der Waals surface area contributed by atoms with Gasteiger partial charge in [0, 0.05) is 13.5 Å². The summed E-state index contributed by atoms with van der Waals surface area (Å²) in [6, 6.07) is -0.642. The van der Waals surface area contributed by atoms with E-state index in [-0.39, 0.29) is 0 Å². The summed E-state index contributed by atoms with van der Waals surface area (Å²) < 4.78 is 1.86. The first-order chi connectivity index (χ1) is 6.56. The van der Waals surface area contributed by atoms with Gasteiger partial charge < -0.3 is 16.0 Å². The van der Waals surface area contributed by atoms with Crippen LogP contribution in [0.15, 0.2) is 11.4 Å². The zero-order valence-electron chi connectivity index (χ0n) is 8.23. The van der Waals surface area contributed by atoms with E-state index in [2.05, 4.69) is 4.98 Å². The second-order valence-electron chi connectivity index (χ2n) is 3.02. The lowest BCUT2D eigenvalue weighted by Gasteiger charge is -2.08. The molecule has 4 N–H and O–H groups in total. The molecule has 1 amide bonds. The number of hydrogen-bond donors (Lipinski definition) is 2. The third-order valence-electron chi connectivity index (χ3n) is 1.99. The van der Waals surface area contributed by atoms with Crippen molar-refractivity contribution in [3.63, 3.8) is 0 Å². The predicted octanol–water partition coefficient (Wildman–Crippen LogP) is -0.503. The SMILES string of the molecule is CSc1ncn(C)c1CC(N)C(N)=O. The van der Waals surface area contributed by atoms with Crippen LogP contribution in [-0.2, 0) is 18.3 Å². The van der Waals surface area contributed by atoms with Crippen molar-refractivity contribution in [2.75, 3.05) is 6.26 Å². The van der Waals surface area contributed by atoms with Crippen molar-refractivity contribution in [2.45, 2.75) is 17.5 Å². The van der Waals surface area contributed by atoms with Crippen LogP contribution in [0.3, 0.4) is 0 Å². The summed E-state index contributed by atoms with van der Waals surface area (Å²) in [5.41, 5.74) is 11.6. The van der Waals surface area contributed by atoms with E-state index in [1.165, 1.54) is 11.8 Å². The molecule has 0 aliphatic heterocycles. The summed E-state index contributed by atoms with van der Waals surface area (Å²) >= 11 is 1.53. The summed E-state index contributed by atoms with van der Waals surface area (Å²) in [7, 11) is 1.87. The van der Waals surface area contributed by atoms with Gasteiger partial charge >= 0.3 is 0 Å². The normalized spacial score (nSPS) is 12.8. The molecule has 0 fully saturated rings. The number of aryl methyl sites for hydroxylation is 1. The third kappa shape index (κ3) is 2.27. The third-order valence-corrected chi connectivity index (χ3v) is 2.72. The van der Waals surface area contributed by atoms with Crippen molar-refractivity contribution < 1.29 is 4.79 Å². The molecule has 0 aliphatic rings. The number of aromatic nitrogens is 2. The Morgan fingerprint density at radius 1 is 1.79 bits per heavy atom. The minimum absolute atomic E-state index is 0.433. The molecule has 6 heteroatoms. The van der Waals surface area contributed by atoms with Gasteiger partial charge in [-0.1, -0.05) is 0 Å². The number of nitrogens with two attached hydrogens (primary N) is 2. The summed E-state index contributed by atoms with van der Waals surface area (Å²) in [5.74, 6) is -0.488. The topological polar surface area (TPSA) is 86.9 Å². The highest BCUT2D eigenvalue weighted by Crippen LogP contribution is 2.18. The average molecular weight is 214 g/mol. The number of thioether (sulfide) groups is 1. The molecule has 1 atom stereocenters.